The van der Waals surface area contributed by atoms with E-state index >= 15 is 0 Å². The number of methoxy groups -OCH3 is 1. The summed E-state index contributed by atoms with van der Waals surface area (Å²) in [5, 5.41) is 0. The molecule has 5 nitrogen and oxygen atoms in total. The minimum absolute atomic E-state index is 0.115. The third-order valence-corrected chi connectivity index (χ3v) is 3.33. The lowest BCUT2D eigenvalue weighted by Crippen LogP contribution is -2.31. The molecule has 2 rings (SSSR count). The molecule has 1 aromatic carbocycles. The van der Waals surface area contributed by atoms with Gasteiger partial charge in [-0.3, -0.25) is 14.3 Å². The fraction of sp³-hybridized carbons (Fsp3) is 0.167. The SMILES string of the molecule is COc1ccc(Br)c(Cn2cc(F)c(=O)[nH]c2=O)c1. The molecule has 0 atom stereocenters. The maximum atomic E-state index is 13.2. The molecule has 0 bridgehead atoms. The van der Waals surface area contributed by atoms with Crippen LogP contribution in [-0.4, -0.2) is 16.7 Å². The second-order valence-corrected chi connectivity index (χ2v) is 4.68. The maximum Gasteiger partial charge on any atom is 0.328 e. The smallest absolute Gasteiger partial charge is 0.328 e. The van der Waals surface area contributed by atoms with E-state index < -0.39 is 17.1 Å². The van der Waals surface area contributed by atoms with E-state index in [1.54, 1.807) is 18.2 Å². The minimum atomic E-state index is -1.02. The molecule has 0 saturated carbocycles. The number of halogens is 2. The molecule has 0 unspecified atom stereocenters. The van der Waals surface area contributed by atoms with Crippen molar-refractivity contribution in [3.05, 3.63) is 61.1 Å². The molecule has 0 aliphatic heterocycles. The van der Waals surface area contributed by atoms with E-state index in [4.69, 9.17) is 4.74 Å². The lowest BCUT2D eigenvalue weighted by Gasteiger charge is -2.09. The van der Waals surface area contributed by atoms with Gasteiger partial charge >= 0.3 is 5.69 Å². The summed E-state index contributed by atoms with van der Waals surface area (Å²) in [6.07, 6.45) is 0.882. The highest BCUT2D eigenvalue weighted by molar-refractivity contribution is 9.10. The highest BCUT2D eigenvalue weighted by Crippen LogP contribution is 2.22. The summed E-state index contributed by atoms with van der Waals surface area (Å²) in [6.45, 7) is 0.115. The van der Waals surface area contributed by atoms with Crippen LogP contribution in [0.3, 0.4) is 0 Å². The summed E-state index contributed by atoms with van der Waals surface area (Å²) < 4.78 is 20.1. The molecule has 100 valence electrons. The summed E-state index contributed by atoms with van der Waals surface area (Å²) in [5.41, 5.74) is -0.958. The zero-order chi connectivity index (χ0) is 14.0. The van der Waals surface area contributed by atoms with Crippen molar-refractivity contribution in [1.82, 2.24) is 9.55 Å². The second-order valence-electron chi connectivity index (χ2n) is 3.82. The zero-order valence-corrected chi connectivity index (χ0v) is 11.5. The first kappa shape index (κ1) is 13.5. The molecule has 1 heterocycles. The van der Waals surface area contributed by atoms with Gasteiger partial charge in [-0.2, -0.15) is 4.39 Å². The average molecular weight is 329 g/mol. The first-order valence-corrected chi connectivity index (χ1v) is 6.12. The van der Waals surface area contributed by atoms with E-state index in [0.29, 0.717) is 5.75 Å². The second kappa shape index (κ2) is 5.40. The Labute approximate surface area is 115 Å². The summed E-state index contributed by atoms with van der Waals surface area (Å²) in [7, 11) is 1.53. The third kappa shape index (κ3) is 2.93. The van der Waals surface area contributed by atoms with Crippen molar-refractivity contribution in [2.24, 2.45) is 0 Å². The van der Waals surface area contributed by atoms with Crippen molar-refractivity contribution in [2.75, 3.05) is 7.11 Å². The summed E-state index contributed by atoms with van der Waals surface area (Å²) in [4.78, 5) is 24.4. The Morgan fingerprint density at radius 3 is 2.84 bits per heavy atom. The summed E-state index contributed by atoms with van der Waals surface area (Å²) >= 11 is 3.34. The quantitative estimate of drug-likeness (QED) is 0.928. The molecule has 19 heavy (non-hydrogen) atoms. The molecular weight excluding hydrogens is 319 g/mol. The number of aromatic nitrogens is 2. The van der Waals surface area contributed by atoms with Gasteiger partial charge in [-0.05, 0) is 23.8 Å². The van der Waals surface area contributed by atoms with Gasteiger partial charge in [0.15, 0.2) is 0 Å². The molecule has 0 saturated heterocycles. The van der Waals surface area contributed by atoms with Crippen LogP contribution in [0.1, 0.15) is 5.56 Å². The number of hydrogen-bond donors (Lipinski definition) is 1. The predicted octanol–water partition coefficient (Wildman–Crippen LogP) is 1.50. The minimum Gasteiger partial charge on any atom is -0.497 e. The van der Waals surface area contributed by atoms with Crippen LogP contribution >= 0.6 is 15.9 Å². The van der Waals surface area contributed by atoms with Gasteiger partial charge in [0.25, 0.3) is 5.56 Å². The molecule has 1 aromatic heterocycles. The average Bonchev–Trinajstić information content (AvgIpc) is 2.38. The van der Waals surface area contributed by atoms with Crippen LogP contribution in [0.25, 0.3) is 0 Å². The van der Waals surface area contributed by atoms with Gasteiger partial charge in [0.05, 0.1) is 19.9 Å². The molecule has 0 spiro atoms. The monoisotopic (exact) mass is 328 g/mol. The normalized spacial score (nSPS) is 10.5. The molecule has 7 heteroatoms. The van der Waals surface area contributed by atoms with Crippen molar-refractivity contribution in [2.45, 2.75) is 6.54 Å². The number of hydrogen-bond acceptors (Lipinski definition) is 3. The number of nitrogens with zero attached hydrogens (tertiary/aromatic N) is 1. The molecule has 0 fully saturated rings. The lowest BCUT2D eigenvalue weighted by atomic mass is 10.2. The van der Waals surface area contributed by atoms with Crippen LogP contribution < -0.4 is 16.0 Å². The Hall–Kier alpha value is -1.89. The maximum absolute atomic E-state index is 13.2. The number of rotatable bonds is 3. The van der Waals surface area contributed by atoms with Gasteiger partial charge in [-0.15, -0.1) is 0 Å². The molecule has 0 amide bonds. The Bertz CT molecular complexity index is 724. The molecular formula is C12H10BrFN2O3. The fourth-order valence-corrected chi connectivity index (χ4v) is 1.95. The van der Waals surface area contributed by atoms with Gasteiger partial charge in [0.2, 0.25) is 5.82 Å². The standard InChI is InChI=1S/C12H10BrFN2O3/c1-19-8-2-3-9(13)7(4-8)5-16-6-10(14)11(17)15-12(16)18/h2-4,6H,5H2,1H3,(H,15,17,18). The van der Waals surface area contributed by atoms with Gasteiger partial charge in [-0.25, -0.2) is 4.79 Å². The molecule has 0 aliphatic carbocycles. The van der Waals surface area contributed by atoms with Crippen LogP contribution in [0, 0.1) is 5.82 Å². The Balaban J connectivity index is 2.44. The number of aromatic amines is 1. The van der Waals surface area contributed by atoms with E-state index in [9.17, 15) is 14.0 Å². The van der Waals surface area contributed by atoms with Crippen molar-refractivity contribution < 1.29 is 9.13 Å². The summed E-state index contributed by atoms with van der Waals surface area (Å²) in [6, 6.07) is 5.24. The highest BCUT2D eigenvalue weighted by Gasteiger charge is 2.07. The van der Waals surface area contributed by atoms with Crippen LogP contribution in [0.15, 0.2) is 38.5 Å². The largest absolute Gasteiger partial charge is 0.497 e. The lowest BCUT2D eigenvalue weighted by molar-refractivity contribution is 0.414. The Kier molecular flexibility index (Phi) is 3.84. The Morgan fingerprint density at radius 1 is 1.42 bits per heavy atom. The van der Waals surface area contributed by atoms with Gasteiger partial charge in [-0.1, -0.05) is 15.9 Å². The first-order chi connectivity index (χ1) is 9.01. The number of nitrogens with one attached hydrogen (secondary N) is 1. The number of H-pyrrole nitrogens is 1. The van der Waals surface area contributed by atoms with Gasteiger partial charge in [0, 0.05) is 4.47 Å². The van der Waals surface area contributed by atoms with Crippen LogP contribution in [0.2, 0.25) is 0 Å². The fourth-order valence-electron chi connectivity index (χ4n) is 1.58. The van der Waals surface area contributed by atoms with Crippen molar-refractivity contribution in [3.8, 4) is 5.75 Å². The van der Waals surface area contributed by atoms with E-state index in [2.05, 4.69) is 15.9 Å². The Morgan fingerprint density at radius 2 is 2.16 bits per heavy atom. The van der Waals surface area contributed by atoms with E-state index in [-0.39, 0.29) is 6.54 Å². The van der Waals surface area contributed by atoms with Crippen molar-refractivity contribution in [3.63, 3.8) is 0 Å². The topological polar surface area (TPSA) is 64.1 Å². The van der Waals surface area contributed by atoms with Crippen molar-refractivity contribution >= 4 is 15.9 Å². The molecule has 0 aliphatic rings. The van der Waals surface area contributed by atoms with Gasteiger partial charge in [0.1, 0.15) is 5.75 Å². The van der Waals surface area contributed by atoms with E-state index in [1.807, 2.05) is 4.98 Å². The van der Waals surface area contributed by atoms with Gasteiger partial charge < -0.3 is 4.74 Å². The highest BCUT2D eigenvalue weighted by atomic mass is 79.9. The van der Waals surface area contributed by atoms with E-state index in [0.717, 1.165) is 20.8 Å². The molecule has 2 aromatic rings. The first-order valence-electron chi connectivity index (χ1n) is 5.33. The molecule has 1 N–H and O–H groups in total. The van der Waals surface area contributed by atoms with Crippen LogP contribution in [-0.2, 0) is 6.54 Å². The van der Waals surface area contributed by atoms with Crippen LogP contribution in [0.4, 0.5) is 4.39 Å². The number of ether oxygens (including phenoxy) is 1. The molecule has 0 radical (unpaired) electrons. The third-order valence-electron chi connectivity index (χ3n) is 2.56. The predicted molar refractivity (Wildman–Crippen MR) is 71.1 cm³/mol. The van der Waals surface area contributed by atoms with Crippen LogP contribution in [0.5, 0.6) is 5.75 Å². The zero-order valence-electron chi connectivity index (χ0n) is 9.94. The van der Waals surface area contributed by atoms with E-state index in [1.165, 1.54) is 7.11 Å². The summed E-state index contributed by atoms with van der Waals surface area (Å²) in [5.74, 6) is -0.380. The number of benzene rings is 1. The van der Waals surface area contributed by atoms with Crippen molar-refractivity contribution in [1.29, 1.82) is 0 Å².